The molecule has 1 aromatic carbocycles. The lowest BCUT2D eigenvalue weighted by Crippen LogP contribution is -2.29. The minimum Gasteiger partial charge on any atom is -0.481 e. The molecule has 0 saturated heterocycles. The average Bonchev–Trinajstić information content (AvgIpc) is 2.47. The smallest absolute Gasteiger partial charge is 0.218 e. The first-order valence-electron chi connectivity index (χ1n) is 6.79. The number of aryl methyl sites for hydroxylation is 1. The number of hydrogen-bond donors (Lipinski definition) is 0. The van der Waals surface area contributed by atoms with Crippen molar-refractivity contribution in [2.45, 2.75) is 19.4 Å². The molecule has 2 aromatic rings. The van der Waals surface area contributed by atoms with E-state index >= 15 is 0 Å². The van der Waals surface area contributed by atoms with Crippen molar-refractivity contribution in [1.82, 2.24) is 4.98 Å². The molecule has 1 aromatic heterocycles. The Bertz CT molecular complexity index is 615. The van der Waals surface area contributed by atoms with Crippen LogP contribution in [0.15, 0.2) is 36.5 Å². The summed E-state index contributed by atoms with van der Waals surface area (Å²) in [4.78, 5) is 6.49. The summed E-state index contributed by atoms with van der Waals surface area (Å²) in [5.41, 5.74) is 3.25. The van der Waals surface area contributed by atoms with Crippen molar-refractivity contribution in [3.8, 4) is 5.88 Å². The third-order valence-electron chi connectivity index (χ3n) is 3.66. The maximum Gasteiger partial charge on any atom is 0.218 e. The molecule has 2 heterocycles. The molecule has 4 heteroatoms. The van der Waals surface area contributed by atoms with Gasteiger partial charge in [0.05, 0.1) is 7.11 Å². The Morgan fingerprint density at radius 1 is 1.35 bits per heavy atom. The van der Waals surface area contributed by atoms with Gasteiger partial charge in [-0.15, -0.1) is 0 Å². The number of anilines is 1. The van der Waals surface area contributed by atoms with Crippen LogP contribution in [0.4, 0.5) is 10.1 Å². The first kappa shape index (κ1) is 12.9. The van der Waals surface area contributed by atoms with Gasteiger partial charge in [0.25, 0.3) is 0 Å². The summed E-state index contributed by atoms with van der Waals surface area (Å²) in [6, 6.07) is 8.96. The van der Waals surface area contributed by atoms with Gasteiger partial charge in [-0.3, -0.25) is 0 Å². The normalized spacial score (nSPS) is 14.0. The maximum absolute atomic E-state index is 13.3. The van der Waals surface area contributed by atoms with Crippen LogP contribution in [0.5, 0.6) is 5.88 Å². The molecule has 104 valence electrons. The molecule has 1 aliphatic heterocycles. The van der Waals surface area contributed by atoms with E-state index in [4.69, 9.17) is 4.74 Å². The van der Waals surface area contributed by atoms with Crippen molar-refractivity contribution < 1.29 is 9.13 Å². The van der Waals surface area contributed by atoms with Gasteiger partial charge in [0.15, 0.2) is 0 Å². The fraction of sp³-hybridized carbons (Fsp3) is 0.312. The van der Waals surface area contributed by atoms with Gasteiger partial charge in [0, 0.05) is 30.5 Å². The van der Waals surface area contributed by atoms with Crippen LogP contribution < -0.4 is 9.64 Å². The summed E-state index contributed by atoms with van der Waals surface area (Å²) in [5, 5.41) is 0. The first-order valence-corrected chi connectivity index (χ1v) is 6.79. The molecule has 0 unspecified atom stereocenters. The molecule has 0 fully saturated rings. The summed E-state index contributed by atoms with van der Waals surface area (Å²) < 4.78 is 18.6. The molecule has 0 bridgehead atoms. The Kier molecular flexibility index (Phi) is 3.54. The van der Waals surface area contributed by atoms with E-state index in [1.807, 2.05) is 18.2 Å². The van der Waals surface area contributed by atoms with E-state index in [1.54, 1.807) is 19.4 Å². The second-order valence-electron chi connectivity index (χ2n) is 4.97. The second kappa shape index (κ2) is 5.49. The van der Waals surface area contributed by atoms with Gasteiger partial charge < -0.3 is 9.64 Å². The average molecular weight is 272 g/mol. The van der Waals surface area contributed by atoms with Crippen LogP contribution in [0.1, 0.15) is 17.5 Å². The summed E-state index contributed by atoms with van der Waals surface area (Å²) in [6.45, 7) is 1.70. The molecule has 0 N–H and O–H groups in total. The SMILES string of the molecule is COc1ncccc1CN1CCCc2cc(F)ccc21. The first-order chi connectivity index (χ1) is 9.78. The number of nitrogens with zero attached hydrogens (tertiary/aromatic N) is 2. The molecule has 0 amide bonds. The zero-order valence-electron chi connectivity index (χ0n) is 11.5. The van der Waals surface area contributed by atoms with Crippen molar-refractivity contribution in [3.63, 3.8) is 0 Å². The lowest BCUT2D eigenvalue weighted by Gasteiger charge is -2.31. The number of ether oxygens (including phenoxy) is 1. The Hall–Kier alpha value is -2.10. The van der Waals surface area contributed by atoms with Crippen LogP contribution in [-0.2, 0) is 13.0 Å². The van der Waals surface area contributed by atoms with Crippen molar-refractivity contribution in [2.75, 3.05) is 18.6 Å². The van der Waals surface area contributed by atoms with E-state index in [2.05, 4.69) is 9.88 Å². The predicted molar refractivity (Wildman–Crippen MR) is 76.6 cm³/mol. The van der Waals surface area contributed by atoms with Gasteiger partial charge in [-0.25, -0.2) is 9.37 Å². The predicted octanol–water partition coefficient (Wildman–Crippen LogP) is 3.18. The molecule has 20 heavy (non-hydrogen) atoms. The van der Waals surface area contributed by atoms with Crippen LogP contribution in [0, 0.1) is 5.82 Å². The van der Waals surface area contributed by atoms with Crippen molar-refractivity contribution in [3.05, 3.63) is 53.5 Å². The van der Waals surface area contributed by atoms with E-state index in [0.29, 0.717) is 5.88 Å². The number of pyridine rings is 1. The Morgan fingerprint density at radius 2 is 2.25 bits per heavy atom. The van der Waals surface area contributed by atoms with Crippen LogP contribution in [0.3, 0.4) is 0 Å². The van der Waals surface area contributed by atoms with Gasteiger partial charge >= 0.3 is 0 Å². The molecule has 0 radical (unpaired) electrons. The van der Waals surface area contributed by atoms with Crippen molar-refractivity contribution in [2.24, 2.45) is 0 Å². The van der Waals surface area contributed by atoms with Gasteiger partial charge in [-0.05, 0) is 42.7 Å². The largest absolute Gasteiger partial charge is 0.481 e. The van der Waals surface area contributed by atoms with Crippen molar-refractivity contribution >= 4 is 5.69 Å². The molecule has 3 rings (SSSR count). The fourth-order valence-corrected chi connectivity index (χ4v) is 2.74. The molecule has 0 atom stereocenters. The number of benzene rings is 1. The fourth-order valence-electron chi connectivity index (χ4n) is 2.74. The van der Waals surface area contributed by atoms with Crippen LogP contribution >= 0.6 is 0 Å². The standard InChI is InChI=1S/C16H17FN2O/c1-20-16-13(4-2-8-18-16)11-19-9-3-5-12-10-14(17)6-7-15(12)19/h2,4,6-8,10H,3,5,9,11H2,1H3. The van der Waals surface area contributed by atoms with E-state index < -0.39 is 0 Å². The summed E-state index contributed by atoms with van der Waals surface area (Å²) in [6.07, 6.45) is 3.70. The highest BCUT2D eigenvalue weighted by Crippen LogP contribution is 2.30. The lowest BCUT2D eigenvalue weighted by molar-refractivity contribution is 0.392. The number of halogens is 1. The molecule has 1 aliphatic rings. The Labute approximate surface area is 118 Å². The third kappa shape index (κ3) is 2.46. The van der Waals surface area contributed by atoms with Gasteiger partial charge in [0.1, 0.15) is 5.82 Å². The zero-order chi connectivity index (χ0) is 13.9. The molecule has 3 nitrogen and oxygen atoms in total. The summed E-state index contributed by atoms with van der Waals surface area (Å²) >= 11 is 0. The minimum absolute atomic E-state index is 0.162. The lowest BCUT2D eigenvalue weighted by atomic mass is 10.0. The zero-order valence-corrected chi connectivity index (χ0v) is 11.5. The Morgan fingerprint density at radius 3 is 3.10 bits per heavy atom. The minimum atomic E-state index is -0.162. The van der Waals surface area contributed by atoms with Gasteiger partial charge in [-0.1, -0.05) is 6.07 Å². The highest BCUT2D eigenvalue weighted by Gasteiger charge is 2.18. The van der Waals surface area contributed by atoms with Gasteiger partial charge in [-0.2, -0.15) is 0 Å². The Balaban J connectivity index is 1.89. The second-order valence-corrected chi connectivity index (χ2v) is 4.97. The van der Waals surface area contributed by atoms with Crippen LogP contribution in [0.2, 0.25) is 0 Å². The van der Waals surface area contributed by atoms with Crippen LogP contribution in [0.25, 0.3) is 0 Å². The van der Waals surface area contributed by atoms with E-state index in [9.17, 15) is 4.39 Å². The molecule has 0 aliphatic carbocycles. The number of hydrogen-bond acceptors (Lipinski definition) is 3. The van der Waals surface area contributed by atoms with Crippen molar-refractivity contribution in [1.29, 1.82) is 0 Å². The number of methoxy groups -OCH3 is 1. The molecular formula is C16H17FN2O. The highest BCUT2D eigenvalue weighted by molar-refractivity contribution is 5.56. The van der Waals surface area contributed by atoms with E-state index in [-0.39, 0.29) is 5.82 Å². The highest BCUT2D eigenvalue weighted by atomic mass is 19.1. The maximum atomic E-state index is 13.3. The molecule has 0 spiro atoms. The number of aromatic nitrogens is 1. The monoisotopic (exact) mass is 272 g/mol. The number of rotatable bonds is 3. The quantitative estimate of drug-likeness (QED) is 0.858. The molecule has 0 saturated carbocycles. The molecular weight excluding hydrogens is 255 g/mol. The summed E-state index contributed by atoms with van der Waals surface area (Å²) in [5.74, 6) is 0.492. The third-order valence-corrected chi connectivity index (χ3v) is 3.66. The topological polar surface area (TPSA) is 25.4 Å². The van der Waals surface area contributed by atoms with E-state index in [0.717, 1.165) is 42.7 Å². The number of fused-ring (bicyclic) bond motifs is 1. The van der Waals surface area contributed by atoms with Gasteiger partial charge in [0.2, 0.25) is 5.88 Å². The van der Waals surface area contributed by atoms with E-state index in [1.165, 1.54) is 6.07 Å². The summed E-state index contributed by atoms with van der Waals surface area (Å²) in [7, 11) is 1.63. The van der Waals surface area contributed by atoms with Crippen LogP contribution in [-0.4, -0.2) is 18.6 Å².